The monoisotopic (exact) mass is 750 g/mol. The molecule has 0 N–H and O–H groups in total. The number of methoxy groups -OCH3 is 1. The Kier molecular flexibility index (Phi) is 18.5. The molecule has 2 aliphatic rings. The second kappa shape index (κ2) is 21.4. The molecule has 5 rings (SSSR count). The van der Waals surface area contributed by atoms with E-state index < -0.39 is 0 Å². The number of aryl methyl sites for hydroxylation is 6. The minimum Gasteiger partial charge on any atom is -0.780 e. The van der Waals surface area contributed by atoms with E-state index in [1.54, 1.807) is 7.11 Å². The van der Waals surface area contributed by atoms with Crippen molar-refractivity contribution in [1.29, 1.82) is 0 Å². The summed E-state index contributed by atoms with van der Waals surface area (Å²) >= 11 is 4.90. The summed E-state index contributed by atoms with van der Waals surface area (Å²) in [5.41, 5.74) is 10.8. The Morgan fingerprint density at radius 2 is 1.22 bits per heavy atom. The SMILES string of the molecule is CCCN1C=CN(CCOC)[CH-]1.C[CH]=[Ru][Cl].Cc1cc(C)c(N2[CH-]N(c3c(C)cc(C)cc3C)CC2)c(C)c1.[S-]c1ccccc1. The molecule has 0 bridgehead atoms. The fourth-order valence-corrected chi connectivity index (χ4v) is 5.82. The van der Waals surface area contributed by atoms with E-state index in [0.29, 0.717) is 0 Å². The fraction of sp³-hybridized carbons (Fsp3) is 0.395. The molecule has 46 heavy (non-hydrogen) atoms. The maximum Gasteiger partial charge on any atom is 0.0146 e. The molecule has 3 aromatic rings. The fourth-order valence-electron chi connectivity index (χ4n) is 5.67. The predicted octanol–water partition coefficient (Wildman–Crippen LogP) is 8.87. The van der Waals surface area contributed by atoms with E-state index in [4.69, 9.17) is 27.1 Å². The van der Waals surface area contributed by atoms with Crippen LogP contribution in [0, 0.1) is 54.9 Å². The smallest absolute Gasteiger partial charge is 0.0146 e. The predicted molar refractivity (Wildman–Crippen MR) is 199 cm³/mol. The molecule has 2 aliphatic heterocycles. The molecule has 1 fully saturated rings. The number of rotatable bonds is 7. The van der Waals surface area contributed by atoms with Crippen LogP contribution in [0.5, 0.6) is 0 Å². The van der Waals surface area contributed by atoms with Gasteiger partial charge in [0.05, 0.1) is 6.61 Å². The van der Waals surface area contributed by atoms with Crippen molar-refractivity contribution in [3.8, 4) is 0 Å². The second-order valence-corrected chi connectivity index (χ2v) is 14.2. The van der Waals surface area contributed by atoms with Gasteiger partial charge in [0, 0.05) is 38.1 Å². The first-order chi connectivity index (χ1) is 22.0. The summed E-state index contributed by atoms with van der Waals surface area (Å²) in [5.74, 6) is 0. The summed E-state index contributed by atoms with van der Waals surface area (Å²) in [6.07, 6.45) is 5.35. The van der Waals surface area contributed by atoms with Crippen molar-refractivity contribution >= 4 is 38.3 Å². The Labute approximate surface area is 297 Å². The van der Waals surface area contributed by atoms with E-state index in [1.807, 2.05) is 41.9 Å². The van der Waals surface area contributed by atoms with Gasteiger partial charge >= 0.3 is 36.9 Å². The number of hydrogen-bond donors (Lipinski definition) is 0. The van der Waals surface area contributed by atoms with Gasteiger partial charge in [-0.2, -0.15) is 18.2 Å². The molecule has 0 amide bonds. The summed E-state index contributed by atoms with van der Waals surface area (Å²) in [4.78, 5) is 10.0. The molecule has 3 aromatic carbocycles. The van der Waals surface area contributed by atoms with E-state index in [0.717, 1.165) is 37.7 Å². The zero-order valence-corrected chi connectivity index (χ0v) is 32.5. The minimum absolute atomic E-state index is 0.0867. The van der Waals surface area contributed by atoms with Crippen LogP contribution in [0.15, 0.2) is 71.9 Å². The number of hydrogen-bond acceptors (Lipinski definition) is 6. The van der Waals surface area contributed by atoms with Gasteiger partial charge in [-0.25, -0.2) is 0 Å². The standard InChI is InChI=1S/C21H27N2.C9H17N2O.C6H6S.C2H4.ClH.Ru/c1-14-9-16(3)20(17(4)10-14)22-7-8-23(13-22)21-18(5)11-15(2)12-19(21)6;1-3-4-10-5-6-11(9-10)7-8-12-2;7-6-4-2-1-3-5-6;1-2;;/h9-13H,7-8H2,1-6H3;5-6,9H,3-4,7-8H2,1-2H3;1-5,7H;1H,2H3;1H;/q2*-1;;;;+1/p-2. The molecule has 0 aliphatic carbocycles. The molecule has 8 heteroatoms. The molecule has 0 saturated carbocycles. The molecule has 1 saturated heterocycles. The van der Waals surface area contributed by atoms with Crippen LogP contribution in [-0.4, -0.2) is 54.3 Å². The number of benzene rings is 3. The van der Waals surface area contributed by atoms with Gasteiger partial charge in [0.2, 0.25) is 0 Å². The Balaban J connectivity index is 0.000000265. The molecule has 0 unspecified atom stereocenters. The third-order valence-electron chi connectivity index (χ3n) is 7.31. The van der Waals surface area contributed by atoms with E-state index >= 15 is 0 Å². The molecule has 2 heterocycles. The molecular formula is C38H53ClN4ORuS-3. The topological polar surface area (TPSA) is 22.2 Å². The molecule has 5 nitrogen and oxygen atoms in total. The number of halogens is 1. The van der Waals surface area contributed by atoms with E-state index in [2.05, 4.69) is 118 Å². The van der Waals surface area contributed by atoms with Crippen molar-refractivity contribution in [2.75, 3.05) is 49.7 Å². The first-order valence-electron chi connectivity index (χ1n) is 15.8. The zero-order chi connectivity index (χ0) is 34.1. The van der Waals surface area contributed by atoms with Gasteiger partial charge in [0.1, 0.15) is 0 Å². The summed E-state index contributed by atoms with van der Waals surface area (Å²) in [6, 6.07) is 18.7. The number of ether oxygens (including phenoxy) is 1. The summed E-state index contributed by atoms with van der Waals surface area (Å²) in [6.45, 7) is 26.6. The quantitative estimate of drug-likeness (QED) is 0.136. The van der Waals surface area contributed by atoms with Crippen molar-refractivity contribution in [3.63, 3.8) is 0 Å². The van der Waals surface area contributed by atoms with Crippen LogP contribution in [0.25, 0.3) is 0 Å². The maximum atomic E-state index is 5.22. The average molecular weight is 750 g/mol. The normalized spacial score (nSPS) is 13.9. The van der Waals surface area contributed by atoms with Crippen molar-refractivity contribution in [3.05, 3.63) is 114 Å². The van der Waals surface area contributed by atoms with Crippen LogP contribution in [0.1, 0.15) is 53.6 Å². The van der Waals surface area contributed by atoms with Crippen LogP contribution in [0.4, 0.5) is 11.4 Å². The van der Waals surface area contributed by atoms with Crippen LogP contribution >= 0.6 is 9.69 Å². The third-order valence-corrected chi connectivity index (χ3v) is 8.87. The first kappa shape index (κ1) is 39.7. The van der Waals surface area contributed by atoms with E-state index in [1.165, 1.54) is 51.2 Å². The minimum atomic E-state index is 0.0867. The van der Waals surface area contributed by atoms with Crippen LogP contribution in [0.3, 0.4) is 0 Å². The van der Waals surface area contributed by atoms with Crippen molar-refractivity contribution in [2.24, 2.45) is 0 Å². The Bertz CT molecular complexity index is 1270. The Morgan fingerprint density at radius 3 is 1.57 bits per heavy atom. The van der Waals surface area contributed by atoms with Crippen LogP contribution in [0.2, 0.25) is 0 Å². The zero-order valence-electron chi connectivity index (χ0n) is 29.2. The van der Waals surface area contributed by atoms with Gasteiger partial charge in [-0.15, -0.1) is 0 Å². The maximum absolute atomic E-state index is 5.22. The summed E-state index contributed by atoms with van der Waals surface area (Å²) in [7, 11) is 6.95. The Morgan fingerprint density at radius 1 is 0.783 bits per heavy atom. The summed E-state index contributed by atoms with van der Waals surface area (Å²) in [5, 5.41) is 0. The van der Waals surface area contributed by atoms with Gasteiger partial charge in [0.25, 0.3) is 0 Å². The van der Waals surface area contributed by atoms with Crippen LogP contribution < -0.4 is 9.80 Å². The molecule has 0 radical (unpaired) electrons. The van der Waals surface area contributed by atoms with Gasteiger partial charge in [-0.1, -0.05) is 72.6 Å². The molecule has 0 aromatic heterocycles. The average Bonchev–Trinajstić information content (AvgIpc) is 3.66. The van der Waals surface area contributed by atoms with Gasteiger partial charge in [-0.05, 0) is 89.2 Å². The van der Waals surface area contributed by atoms with E-state index in [9.17, 15) is 0 Å². The Hall–Kier alpha value is -2.44. The molecule has 255 valence electrons. The largest absolute Gasteiger partial charge is 0.780 e. The van der Waals surface area contributed by atoms with Gasteiger partial charge in [-0.3, -0.25) is 0 Å². The molecule has 0 spiro atoms. The van der Waals surface area contributed by atoms with Crippen molar-refractivity contribution in [1.82, 2.24) is 9.80 Å². The van der Waals surface area contributed by atoms with Crippen molar-refractivity contribution < 1.29 is 20.4 Å². The third kappa shape index (κ3) is 13.4. The van der Waals surface area contributed by atoms with Crippen LogP contribution in [-0.2, 0) is 33.1 Å². The van der Waals surface area contributed by atoms with Gasteiger partial charge < -0.3 is 37.0 Å². The first-order valence-corrected chi connectivity index (χ1v) is 19.5. The molecule has 0 atom stereocenters. The van der Waals surface area contributed by atoms with Crippen molar-refractivity contribution in [2.45, 2.75) is 66.7 Å². The second-order valence-electron chi connectivity index (χ2n) is 11.5. The van der Waals surface area contributed by atoms with Gasteiger partial charge in [0.15, 0.2) is 0 Å². The molecular weight excluding hydrogens is 697 g/mol. The van der Waals surface area contributed by atoms with E-state index in [-0.39, 0.29) is 15.7 Å². The number of anilines is 2. The summed E-state index contributed by atoms with van der Waals surface area (Å²) < 4.78 is 6.97. The number of nitrogens with zero attached hydrogens (tertiary/aromatic N) is 4.